The van der Waals surface area contributed by atoms with Gasteiger partial charge in [0, 0.05) is 12.6 Å². The zero-order valence-electron chi connectivity index (χ0n) is 10.4. The molecule has 0 spiro atoms. The van der Waals surface area contributed by atoms with Crippen molar-refractivity contribution in [3.8, 4) is 0 Å². The molecule has 0 amide bonds. The number of rotatable bonds is 3. The van der Waals surface area contributed by atoms with Crippen molar-refractivity contribution in [1.29, 1.82) is 0 Å². The molecule has 0 aliphatic carbocycles. The van der Waals surface area contributed by atoms with Gasteiger partial charge in [0.15, 0.2) is 0 Å². The monoisotopic (exact) mass is 242 g/mol. The van der Waals surface area contributed by atoms with Gasteiger partial charge >= 0.3 is 0 Å². The quantitative estimate of drug-likeness (QED) is 0.823. The number of likely N-dealkylation sites (tertiary alicyclic amines) is 1. The van der Waals surface area contributed by atoms with Gasteiger partial charge in [0.2, 0.25) is 0 Å². The Labute approximate surface area is 104 Å². The van der Waals surface area contributed by atoms with Crippen molar-refractivity contribution in [2.24, 2.45) is 11.7 Å². The molecule has 2 fully saturated rings. The smallest absolute Gasteiger partial charge is 0.0254 e. The molecule has 2 unspecified atom stereocenters. The molecular weight excluding hydrogens is 216 g/mol. The third-order valence-electron chi connectivity index (χ3n) is 4.11. The predicted molar refractivity (Wildman–Crippen MR) is 72.9 cm³/mol. The number of nitrogens with zero attached hydrogens (tertiary/aromatic N) is 1. The summed E-state index contributed by atoms with van der Waals surface area (Å²) in [6.45, 7) is 3.46. The number of thioether (sulfide) groups is 1. The van der Waals surface area contributed by atoms with E-state index >= 15 is 0 Å². The Kier molecular flexibility index (Phi) is 5.46. The van der Waals surface area contributed by atoms with Crippen LogP contribution in [0.15, 0.2) is 0 Å². The van der Waals surface area contributed by atoms with Crippen LogP contribution in [0, 0.1) is 5.92 Å². The molecule has 16 heavy (non-hydrogen) atoms. The Morgan fingerprint density at radius 1 is 1.12 bits per heavy atom. The summed E-state index contributed by atoms with van der Waals surface area (Å²) in [5, 5.41) is 0. The molecule has 3 heteroatoms. The van der Waals surface area contributed by atoms with Crippen LogP contribution >= 0.6 is 11.8 Å². The van der Waals surface area contributed by atoms with Crippen LogP contribution in [0.1, 0.15) is 38.5 Å². The first-order valence-corrected chi connectivity index (χ1v) is 8.09. The highest BCUT2D eigenvalue weighted by atomic mass is 32.2. The minimum absolute atomic E-state index is 0.674. The fourth-order valence-electron chi connectivity index (χ4n) is 3.10. The Bertz CT molecular complexity index is 184. The molecule has 0 bridgehead atoms. The van der Waals surface area contributed by atoms with E-state index in [1.807, 2.05) is 0 Å². The normalized spacial score (nSPS) is 30.9. The molecule has 2 heterocycles. The molecular formula is C13H26N2S. The predicted octanol–water partition coefficient (Wildman–Crippen LogP) is 2.33. The van der Waals surface area contributed by atoms with Crippen LogP contribution in [-0.4, -0.2) is 42.1 Å². The minimum atomic E-state index is 0.674. The highest BCUT2D eigenvalue weighted by Gasteiger charge is 2.28. The summed E-state index contributed by atoms with van der Waals surface area (Å²) in [6, 6.07) is 0.674. The Hall–Kier alpha value is 0.270. The van der Waals surface area contributed by atoms with Crippen molar-refractivity contribution in [3.63, 3.8) is 0 Å². The fraction of sp³-hybridized carbons (Fsp3) is 1.00. The maximum Gasteiger partial charge on any atom is 0.0254 e. The summed E-state index contributed by atoms with van der Waals surface area (Å²) in [5.74, 6) is 3.57. The highest BCUT2D eigenvalue weighted by Crippen LogP contribution is 2.29. The lowest BCUT2D eigenvalue weighted by Crippen LogP contribution is -2.47. The summed E-state index contributed by atoms with van der Waals surface area (Å²) >= 11 is 2.12. The van der Waals surface area contributed by atoms with Gasteiger partial charge in [0.05, 0.1) is 0 Å². The molecule has 0 aromatic rings. The van der Waals surface area contributed by atoms with Gasteiger partial charge in [-0.3, -0.25) is 4.90 Å². The number of hydrogen-bond donors (Lipinski definition) is 1. The molecule has 0 radical (unpaired) electrons. The van der Waals surface area contributed by atoms with Crippen molar-refractivity contribution in [3.05, 3.63) is 0 Å². The lowest BCUT2D eigenvalue weighted by Gasteiger charge is -2.35. The van der Waals surface area contributed by atoms with E-state index in [0.717, 1.165) is 12.5 Å². The molecule has 2 aliphatic rings. The molecule has 2 saturated heterocycles. The zero-order chi connectivity index (χ0) is 11.2. The minimum Gasteiger partial charge on any atom is -0.329 e. The van der Waals surface area contributed by atoms with E-state index in [1.165, 1.54) is 63.1 Å². The molecule has 2 aliphatic heterocycles. The Balaban J connectivity index is 1.89. The Morgan fingerprint density at radius 3 is 2.38 bits per heavy atom. The lowest BCUT2D eigenvalue weighted by molar-refractivity contribution is 0.142. The van der Waals surface area contributed by atoms with E-state index in [0.29, 0.717) is 6.04 Å². The molecule has 0 saturated carbocycles. The average molecular weight is 242 g/mol. The van der Waals surface area contributed by atoms with Gasteiger partial charge in [-0.15, -0.1) is 0 Å². The maximum absolute atomic E-state index is 6.02. The van der Waals surface area contributed by atoms with Gasteiger partial charge in [-0.25, -0.2) is 0 Å². The standard InChI is InChI=1S/C13H26N2S/c14-10-13(12-6-9-16-11-12)15-7-4-2-1-3-5-8-15/h12-13H,1-11,14H2. The molecule has 2 atom stereocenters. The summed E-state index contributed by atoms with van der Waals surface area (Å²) in [4.78, 5) is 2.70. The molecule has 2 nitrogen and oxygen atoms in total. The highest BCUT2D eigenvalue weighted by molar-refractivity contribution is 7.99. The first-order chi connectivity index (χ1) is 7.92. The summed E-state index contributed by atoms with van der Waals surface area (Å²) < 4.78 is 0. The van der Waals surface area contributed by atoms with E-state index in [1.54, 1.807) is 0 Å². The first-order valence-electron chi connectivity index (χ1n) is 6.93. The van der Waals surface area contributed by atoms with Crippen LogP contribution in [0.3, 0.4) is 0 Å². The van der Waals surface area contributed by atoms with Crippen molar-refractivity contribution >= 4 is 11.8 Å². The third kappa shape index (κ3) is 3.38. The van der Waals surface area contributed by atoms with E-state index in [-0.39, 0.29) is 0 Å². The van der Waals surface area contributed by atoms with Crippen LogP contribution in [0.2, 0.25) is 0 Å². The summed E-state index contributed by atoms with van der Waals surface area (Å²) in [5.41, 5.74) is 6.02. The van der Waals surface area contributed by atoms with Crippen molar-refractivity contribution in [1.82, 2.24) is 4.90 Å². The zero-order valence-corrected chi connectivity index (χ0v) is 11.2. The van der Waals surface area contributed by atoms with Crippen LogP contribution in [-0.2, 0) is 0 Å². The second-order valence-corrected chi connectivity index (χ2v) is 6.38. The summed E-state index contributed by atoms with van der Waals surface area (Å²) in [7, 11) is 0. The average Bonchev–Trinajstić information content (AvgIpc) is 2.75. The van der Waals surface area contributed by atoms with Gasteiger partial charge in [0.25, 0.3) is 0 Å². The summed E-state index contributed by atoms with van der Waals surface area (Å²) in [6.07, 6.45) is 8.45. The maximum atomic E-state index is 6.02. The van der Waals surface area contributed by atoms with Crippen LogP contribution < -0.4 is 5.73 Å². The van der Waals surface area contributed by atoms with E-state index in [4.69, 9.17) is 5.73 Å². The Morgan fingerprint density at radius 2 is 1.81 bits per heavy atom. The van der Waals surface area contributed by atoms with Crippen molar-refractivity contribution in [2.75, 3.05) is 31.1 Å². The van der Waals surface area contributed by atoms with E-state index < -0.39 is 0 Å². The number of nitrogens with two attached hydrogens (primary N) is 1. The van der Waals surface area contributed by atoms with E-state index in [9.17, 15) is 0 Å². The lowest BCUT2D eigenvalue weighted by atomic mass is 9.96. The molecule has 0 aromatic carbocycles. The fourth-order valence-corrected chi connectivity index (χ4v) is 4.43. The van der Waals surface area contributed by atoms with Gasteiger partial charge in [-0.1, -0.05) is 19.3 Å². The molecule has 2 rings (SSSR count). The molecule has 2 N–H and O–H groups in total. The van der Waals surface area contributed by atoms with Crippen molar-refractivity contribution < 1.29 is 0 Å². The van der Waals surface area contributed by atoms with Crippen LogP contribution in [0.25, 0.3) is 0 Å². The van der Waals surface area contributed by atoms with Gasteiger partial charge in [-0.2, -0.15) is 11.8 Å². The van der Waals surface area contributed by atoms with Crippen molar-refractivity contribution in [2.45, 2.75) is 44.6 Å². The van der Waals surface area contributed by atoms with Gasteiger partial charge in [0.1, 0.15) is 0 Å². The SMILES string of the molecule is NCC(C1CCSC1)N1CCCCCCC1. The molecule has 94 valence electrons. The number of hydrogen-bond acceptors (Lipinski definition) is 3. The second-order valence-electron chi connectivity index (χ2n) is 5.23. The van der Waals surface area contributed by atoms with Gasteiger partial charge < -0.3 is 5.73 Å². The second kappa shape index (κ2) is 6.87. The first kappa shape index (κ1) is 12.7. The third-order valence-corrected chi connectivity index (χ3v) is 5.30. The largest absolute Gasteiger partial charge is 0.329 e. The van der Waals surface area contributed by atoms with E-state index in [2.05, 4.69) is 16.7 Å². The topological polar surface area (TPSA) is 29.3 Å². The van der Waals surface area contributed by atoms with Gasteiger partial charge in [-0.05, 0) is 49.8 Å². The molecule has 0 aromatic heterocycles. The van der Waals surface area contributed by atoms with Crippen LogP contribution in [0.4, 0.5) is 0 Å². The van der Waals surface area contributed by atoms with Crippen LogP contribution in [0.5, 0.6) is 0 Å².